The first-order chi connectivity index (χ1) is 11.1. The van der Waals surface area contributed by atoms with Crippen molar-refractivity contribution >= 4 is 11.6 Å². The van der Waals surface area contributed by atoms with Crippen LogP contribution in [0.5, 0.6) is 5.75 Å². The lowest BCUT2D eigenvalue weighted by molar-refractivity contribution is -0.125. The number of benzene rings is 2. The Balaban J connectivity index is 1.81. The molecule has 0 saturated carbocycles. The number of carbonyl (C=O) groups is 1. The van der Waals surface area contributed by atoms with Crippen LogP contribution >= 0.6 is 0 Å². The first-order valence-corrected chi connectivity index (χ1v) is 7.93. The van der Waals surface area contributed by atoms with E-state index >= 15 is 0 Å². The van der Waals surface area contributed by atoms with Crippen molar-refractivity contribution < 1.29 is 13.9 Å². The highest BCUT2D eigenvalue weighted by Crippen LogP contribution is 2.33. The van der Waals surface area contributed by atoms with Crippen molar-refractivity contribution in [3.05, 3.63) is 59.9 Å². The van der Waals surface area contributed by atoms with Crippen LogP contribution in [0.2, 0.25) is 0 Å². The van der Waals surface area contributed by atoms with E-state index in [0.29, 0.717) is 12.2 Å². The lowest BCUT2D eigenvalue weighted by atomic mass is 10.1. The summed E-state index contributed by atoms with van der Waals surface area (Å²) in [5.41, 5.74) is 2.15. The van der Waals surface area contributed by atoms with E-state index in [4.69, 9.17) is 4.74 Å². The fourth-order valence-corrected chi connectivity index (χ4v) is 3.04. The normalized spacial score (nSPS) is 17.7. The van der Waals surface area contributed by atoms with Gasteiger partial charge in [-0.1, -0.05) is 25.1 Å². The number of hydrogen-bond acceptors (Lipinski definition) is 2. The quantitative estimate of drug-likeness (QED) is 0.855. The first-order valence-electron chi connectivity index (χ1n) is 7.93. The fourth-order valence-electron chi connectivity index (χ4n) is 3.04. The monoisotopic (exact) mass is 313 g/mol. The molecule has 1 aliphatic rings. The molecular weight excluding hydrogens is 293 g/mol. The Morgan fingerprint density at radius 1 is 1.26 bits per heavy atom. The van der Waals surface area contributed by atoms with Gasteiger partial charge in [0.25, 0.3) is 5.91 Å². The van der Waals surface area contributed by atoms with Crippen LogP contribution < -0.4 is 9.64 Å². The van der Waals surface area contributed by atoms with E-state index in [1.165, 1.54) is 17.7 Å². The summed E-state index contributed by atoms with van der Waals surface area (Å²) in [7, 11) is 0. The summed E-state index contributed by atoms with van der Waals surface area (Å²) in [5.74, 6) is 0.139. The summed E-state index contributed by atoms with van der Waals surface area (Å²) in [6.45, 7) is 3.96. The zero-order valence-corrected chi connectivity index (χ0v) is 13.3. The summed E-state index contributed by atoms with van der Waals surface area (Å²) in [5, 5.41) is 0. The lowest BCUT2D eigenvalue weighted by Crippen LogP contribution is -2.44. The average Bonchev–Trinajstić information content (AvgIpc) is 2.89. The molecule has 0 radical (unpaired) electrons. The number of hydrogen-bond donors (Lipinski definition) is 0. The Hall–Kier alpha value is -2.36. The molecular formula is C19H20FNO2. The van der Waals surface area contributed by atoms with Gasteiger partial charge in [0.2, 0.25) is 0 Å². The van der Waals surface area contributed by atoms with Gasteiger partial charge in [-0.15, -0.1) is 0 Å². The maximum Gasteiger partial charge on any atom is 0.268 e. The van der Waals surface area contributed by atoms with E-state index in [9.17, 15) is 9.18 Å². The van der Waals surface area contributed by atoms with E-state index < -0.39 is 6.10 Å². The second-order valence-electron chi connectivity index (χ2n) is 5.86. The molecule has 2 aromatic rings. The molecule has 2 atom stereocenters. The van der Waals surface area contributed by atoms with Crippen molar-refractivity contribution in [2.75, 3.05) is 4.90 Å². The number of ether oxygens (including phenoxy) is 1. The van der Waals surface area contributed by atoms with Crippen LogP contribution in [0, 0.1) is 5.82 Å². The van der Waals surface area contributed by atoms with Gasteiger partial charge in [-0.25, -0.2) is 4.39 Å². The number of halogens is 1. The maximum atomic E-state index is 13.0. The zero-order valence-electron chi connectivity index (χ0n) is 13.3. The SMILES string of the molecule is CC[C@H](Oc1ccc(F)cc1)C(=O)N1c2ccccc2C[C@@H]1C. The molecule has 3 rings (SSSR count). The van der Waals surface area contributed by atoms with Gasteiger partial charge < -0.3 is 9.64 Å². The van der Waals surface area contributed by atoms with Crippen LogP contribution in [0.4, 0.5) is 10.1 Å². The molecule has 23 heavy (non-hydrogen) atoms. The molecule has 120 valence electrons. The molecule has 1 aliphatic heterocycles. The Kier molecular flexibility index (Phi) is 4.33. The standard InChI is InChI=1S/C19H20FNO2/c1-3-18(23-16-10-8-15(20)9-11-16)19(22)21-13(2)12-14-6-4-5-7-17(14)21/h4-11,13,18H,3,12H2,1-2H3/t13-,18-/m0/s1. The lowest BCUT2D eigenvalue weighted by Gasteiger charge is -2.27. The number of para-hydroxylation sites is 1. The number of rotatable bonds is 4. The average molecular weight is 313 g/mol. The van der Waals surface area contributed by atoms with Crippen molar-refractivity contribution in [3.8, 4) is 5.75 Å². The molecule has 0 saturated heterocycles. The van der Waals surface area contributed by atoms with Crippen LogP contribution in [-0.4, -0.2) is 18.1 Å². The second kappa shape index (κ2) is 6.41. The highest BCUT2D eigenvalue weighted by Gasteiger charge is 2.34. The maximum absolute atomic E-state index is 13.0. The van der Waals surface area contributed by atoms with Crippen molar-refractivity contribution in [2.45, 2.75) is 38.8 Å². The molecule has 0 aromatic heterocycles. The van der Waals surface area contributed by atoms with E-state index in [2.05, 4.69) is 6.07 Å². The van der Waals surface area contributed by atoms with Crippen molar-refractivity contribution in [1.29, 1.82) is 0 Å². The summed E-state index contributed by atoms with van der Waals surface area (Å²) in [6.07, 6.45) is 0.838. The number of fused-ring (bicyclic) bond motifs is 1. The number of carbonyl (C=O) groups excluding carboxylic acids is 1. The number of anilines is 1. The first kappa shape index (κ1) is 15.5. The molecule has 0 fully saturated rings. The minimum absolute atomic E-state index is 0.0470. The van der Waals surface area contributed by atoms with Gasteiger partial charge in [0, 0.05) is 11.7 Å². The van der Waals surface area contributed by atoms with Crippen LogP contribution in [0.3, 0.4) is 0 Å². The van der Waals surface area contributed by atoms with E-state index in [0.717, 1.165) is 12.1 Å². The summed E-state index contributed by atoms with van der Waals surface area (Å²) in [4.78, 5) is 14.8. The minimum Gasteiger partial charge on any atom is -0.481 e. The summed E-state index contributed by atoms with van der Waals surface area (Å²) in [6, 6.07) is 13.8. The van der Waals surface area contributed by atoms with Crippen molar-refractivity contribution in [1.82, 2.24) is 0 Å². The smallest absolute Gasteiger partial charge is 0.268 e. The third-order valence-electron chi connectivity index (χ3n) is 4.18. The van der Waals surface area contributed by atoms with Gasteiger partial charge in [-0.3, -0.25) is 4.79 Å². The predicted molar refractivity (Wildman–Crippen MR) is 88.2 cm³/mol. The molecule has 3 nitrogen and oxygen atoms in total. The van der Waals surface area contributed by atoms with E-state index in [1.807, 2.05) is 36.9 Å². The second-order valence-corrected chi connectivity index (χ2v) is 5.86. The summed E-state index contributed by atoms with van der Waals surface area (Å²) < 4.78 is 18.8. The highest BCUT2D eigenvalue weighted by molar-refractivity contribution is 5.99. The highest BCUT2D eigenvalue weighted by atomic mass is 19.1. The van der Waals surface area contributed by atoms with E-state index in [1.54, 1.807) is 12.1 Å². The van der Waals surface area contributed by atoms with E-state index in [-0.39, 0.29) is 17.8 Å². The largest absolute Gasteiger partial charge is 0.481 e. The van der Waals surface area contributed by atoms with Crippen LogP contribution in [-0.2, 0) is 11.2 Å². The Morgan fingerprint density at radius 3 is 2.65 bits per heavy atom. The topological polar surface area (TPSA) is 29.5 Å². The van der Waals surface area contributed by atoms with Crippen molar-refractivity contribution in [2.24, 2.45) is 0 Å². The van der Waals surface area contributed by atoms with Gasteiger partial charge in [-0.2, -0.15) is 0 Å². The zero-order chi connectivity index (χ0) is 16.4. The summed E-state index contributed by atoms with van der Waals surface area (Å²) >= 11 is 0. The Morgan fingerprint density at radius 2 is 1.96 bits per heavy atom. The third-order valence-corrected chi connectivity index (χ3v) is 4.18. The van der Waals surface area contributed by atoms with Gasteiger partial charge in [0.05, 0.1) is 0 Å². The third kappa shape index (κ3) is 3.07. The van der Waals surface area contributed by atoms with Crippen LogP contribution in [0.25, 0.3) is 0 Å². The molecule has 0 N–H and O–H groups in total. The number of amides is 1. The van der Waals surface area contributed by atoms with Gasteiger partial charge >= 0.3 is 0 Å². The number of nitrogens with zero attached hydrogens (tertiary/aromatic N) is 1. The minimum atomic E-state index is -0.575. The predicted octanol–water partition coefficient (Wildman–Crippen LogP) is 3.96. The van der Waals surface area contributed by atoms with Crippen LogP contribution in [0.1, 0.15) is 25.8 Å². The molecule has 0 aliphatic carbocycles. The molecule has 0 bridgehead atoms. The molecule has 1 heterocycles. The Bertz CT molecular complexity index is 699. The van der Waals surface area contributed by atoms with Gasteiger partial charge in [0.1, 0.15) is 11.6 Å². The molecule has 4 heteroatoms. The van der Waals surface area contributed by atoms with Crippen LogP contribution in [0.15, 0.2) is 48.5 Å². The van der Waals surface area contributed by atoms with Gasteiger partial charge in [-0.05, 0) is 55.7 Å². The fraction of sp³-hybridized carbons (Fsp3) is 0.316. The van der Waals surface area contributed by atoms with Gasteiger partial charge in [0.15, 0.2) is 6.10 Å². The van der Waals surface area contributed by atoms with Crippen molar-refractivity contribution in [3.63, 3.8) is 0 Å². The molecule has 0 unspecified atom stereocenters. The Labute approximate surface area is 135 Å². The molecule has 1 amide bonds. The molecule has 2 aromatic carbocycles. The molecule has 0 spiro atoms.